The number of hydrazone groups is 2. The van der Waals surface area contributed by atoms with Gasteiger partial charge in [0.1, 0.15) is 24.5 Å². The maximum absolute atomic E-state index is 12.5. The molecule has 6 nitrogen and oxygen atoms in total. The van der Waals surface area contributed by atoms with Crippen LogP contribution in [-0.2, 0) is 6.42 Å². The molecular weight excluding hydrogens is 526 g/mol. The summed E-state index contributed by atoms with van der Waals surface area (Å²) in [6.45, 7) is -0.768. The minimum atomic E-state index is -4.49. The van der Waals surface area contributed by atoms with Gasteiger partial charge in [-0.25, -0.2) is 0 Å². The van der Waals surface area contributed by atoms with Crippen LogP contribution in [0, 0.1) is 0 Å². The lowest BCUT2D eigenvalue weighted by Crippen LogP contribution is -2.40. The highest BCUT2D eigenvalue weighted by Gasteiger charge is 2.28. The summed E-state index contributed by atoms with van der Waals surface area (Å²) in [5.74, 6) is 0. The van der Waals surface area contributed by atoms with Crippen molar-refractivity contribution in [1.29, 1.82) is 0 Å². The summed E-state index contributed by atoms with van der Waals surface area (Å²) in [6, 6.07) is 15.6. The number of aryl methyl sites for hydroxylation is 1. The Morgan fingerprint density at radius 2 is 1.11 bits per heavy atom. The molecule has 0 aliphatic rings. The number of thiocarbonyl (C=S) groups is 2. The minimum Gasteiger partial charge on any atom is -0.352 e. The highest BCUT2D eigenvalue weighted by Crippen LogP contribution is 2.14. The number of hydrogen-bond donors (Lipinski definition) is 4. The van der Waals surface area contributed by atoms with Crippen molar-refractivity contribution >= 4 is 46.1 Å². The lowest BCUT2D eigenvalue weighted by Gasteiger charge is -2.15. The first-order valence-corrected chi connectivity index (χ1v) is 11.2. The van der Waals surface area contributed by atoms with E-state index in [9.17, 15) is 26.3 Å². The molecule has 0 aromatic heterocycles. The summed E-state index contributed by atoms with van der Waals surface area (Å²) < 4.78 is 75.0. The molecule has 0 heterocycles. The summed E-state index contributed by atoms with van der Waals surface area (Å²) in [5, 5.41) is 11.5. The van der Waals surface area contributed by atoms with Gasteiger partial charge in [-0.1, -0.05) is 61.5 Å². The van der Waals surface area contributed by atoms with Crippen molar-refractivity contribution in [1.82, 2.24) is 21.5 Å². The lowest BCUT2D eigenvalue weighted by atomic mass is 9.98. The maximum Gasteiger partial charge on any atom is 0.405 e. The summed E-state index contributed by atoms with van der Waals surface area (Å²) in [5.41, 5.74) is 7.04. The predicted octanol–water partition coefficient (Wildman–Crippen LogP) is 4.41. The Bertz CT molecular complexity index is 1080. The Morgan fingerprint density at radius 3 is 1.50 bits per heavy atom. The maximum atomic E-state index is 12.5. The van der Waals surface area contributed by atoms with E-state index < -0.39 is 35.7 Å². The third-order valence-corrected chi connectivity index (χ3v) is 4.82. The average molecular weight is 549 g/mol. The first kappa shape index (κ1) is 29.0. The number of nitrogens with zero attached hydrogens (tertiary/aromatic N) is 2. The van der Waals surface area contributed by atoms with Gasteiger partial charge in [-0.3, -0.25) is 10.9 Å². The SMILES string of the molecule is CCc1ccc(C(=N\NC(=S)NCC(F)(F)F)/C(=N/NC(=S)NCC(F)(F)F)c2ccccc2)cc1. The van der Waals surface area contributed by atoms with Crippen LogP contribution in [-0.4, -0.2) is 47.1 Å². The van der Waals surface area contributed by atoms with Gasteiger partial charge in [0.25, 0.3) is 0 Å². The first-order chi connectivity index (χ1) is 16.9. The normalized spacial score (nSPS) is 12.6. The zero-order valence-electron chi connectivity index (χ0n) is 18.8. The molecule has 2 rings (SSSR count). The van der Waals surface area contributed by atoms with E-state index in [-0.39, 0.29) is 11.4 Å². The Morgan fingerprint density at radius 1 is 0.694 bits per heavy atom. The molecule has 0 atom stereocenters. The second-order valence-electron chi connectivity index (χ2n) is 7.16. The van der Waals surface area contributed by atoms with Crippen LogP contribution < -0.4 is 21.5 Å². The number of hydrogen-bond acceptors (Lipinski definition) is 4. The highest BCUT2D eigenvalue weighted by atomic mass is 32.1. The van der Waals surface area contributed by atoms with Crippen molar-refractivity contribution < 1.29 is 26.3 Å². The van der Waals surface area contributed by atoms with Gasteiger partial charge < -0.3 is 10.6 Å². The van der Waals surface area contributed by atoms with Crippen LogP contribution in [0.1, 0.15) is 23.6 Å². The van der Waals surface area contributed by atoms with E-state index in [1.54, 1.807) is 42.5 Å². The standard InChI is InChI=1S/C22H22F6N6S2/c1-2-14-8-10-16(11-9-14)18(32-34-20(36)30-13-22(26,27)28)17(15-6-4-3-5-7-15)31-33-19(35)29-12-21(23,24)25/h3-11H,2,12-13H2,1H3,(H2,29,33,35)(H2,30,34,36)/b31-17+,32-18+. The van der Waals surface area contributed by atoms with E-state index in [4.69, 9.17) is 24.4 Å². The molecule has 0 radical (unpaired) electrons. The van der Waals surface area contributed by atoms with E-state index in [0.29, 0.717) is 11.1 Å². The van der Waals surface area contributed by atoms with Crippen LogP contribution in [0.25, 0.3) is 0 Å². The number of nitrogens with one attached hydrogen (secondary N) is 4. The molecule has 0 saturated carbocycles. The van der Waals surface area contributed by atoms with E-state index in [0.717, 1.165) is 12.0 Å². The van der Waals surface area contributed by atoms with Crippen LogP contribution in [0.4, 0.5) is 26.3 Å². The Labute approximate surface area is 214 Å². The monoisotopic (exact) mass is 548 g/mol. The fraction of sp³-hybridized carbons (Fsp3) is 0.273. The third kappa shape index (κ3) is 10.6. The van der Waals surface area contributed by atoms with Crippen molar-refractivity contribution in [2.24, 2.45) is 10.2 Å². The molecule has 0 amide bonds. The zero-order valence-corrected chi connectivity index (χ0v) is 20.4. The molecule has 4 N–H and O–H groups in total. The quantitative estimate of drug-likeness (QED) is 0.170. The molecule has 2 aromatic carbocycles. The van der Waals surface area contributed by atoms with Gasteiger partial charge in [0.2, 0.25) is 0 Å². The lowest BCUT2D eigenvalue weighted by molar-refractivity contribution is -0.122. The molecule has 0 fully saturated rings. The van der Waals surface area contributed by atoms with Crippen LogP contribution >= 0.6 is 24.4 Å². The van der Waals surface area contributed by atoms with Gasteiger partial charge in [-0.05, 0) is 36.4 Å². The molecule has 0 aliphatic heterocycles. The van der Waals surface area contributed by atoms with Crippen molar-refractivity contribution in [3.05, 3.63) is 71.3 Å². The molecule has 0 saturated heterocycles. The minimum absolute atomic E-state index is 0.141. The summed E-state index contributed by atoms with van der Waals surface area (Å²) in [4.78, 5) is 0. The van der Waals surface area contributed by atoms with E-state index in [2.05, 4.69) is 21.1 Å². The highest BCUT2D eigenvalue weighted by molar-refractivity contribution is 7.80. The Balaban J connectivity index is 2.44. The summed E-state index contributed by atoms with van der Waals surface area (Å²) in [6.07, 6.45) is -8.22. The molecule has 2 aromatic rings. The third-order valence-electron chi connectivity index (χ3n) is 4.34. The largest absolute Gasteiger partial charge is 0.405 e. The van der Waals surface area contributed by atoms with Gasteiger partial charge in [0.15, 0.2) is 10.2 Å². The van der Waals surface area contributed by atoms with Gasteiger partial charge in [0.05, 0.1) is 0 Å². The number of rotatable bonds is 8. The van der Waals surface area contributed by atoms with Crippen molar-refractivity contribution in [2.45, 2.75) is 25.7 Å². The molecule has 0 unspecified atom stereocenters. The molecule has 0 spiro atoms. The molecular formula is C22H22F6N6S2. The molecule has 0 aliphatic carbocycles. The number of alkyl halides is 6. The van der Waals surface area contributed by atoms with Gasteiger partial charge >= 0.3 is 12.4 Å². The smallest absolute Gasteiger partial charge is 0.352 e. The summed E-state index contributed by atoms with van der Waals surface area (Å²) in [7, 11) is 0. The van der Waals surface area contributed by atoms with Crippen molar-refractivity contribution in [3.63, 3.8) is 0 Å². The van der Waals surface area contributed by atoms with Gasteiger partial charge in [0, 0.05) is 11.1 Å². The second kappa shape index (κ2) is 13.2. The number of benzene rings is 2. The fourth-order valence-corrected chi connectivity index (χ4v) is 2.89. The topological polar surface area (TPSA) is 72.8 Å². The molecule has 36 heavy (non-hydrogen) atoms. The average Bonchev–Trinajstić information content (AvgIpc) is 2.83. The summed E-state index contributed by atoms with van der Waals surface area (Å²) >= 11 is 9.77. The first-order valence-electron chi connectivity index (χ1n) is 10.4. The fourth-order valence-electron chi connectivity index (χ4n) is 2.66. The molecule has 0 bridgehead atoms. The Hall–Kier alpha value is -3.26. The second-order valence-corrected chi connectivity index (χ2v) is 7.97. The predicted molar refractivity (Wildman–Crippen MR) is 135 cm³/mol. The van der Waals surface area contributed by atoms with Gasteiger partial charge in [-0.2, -0.15) is 36.5 Å². The van der Waals surface area contributed by atoms with Crippen molar-refractivity contribution in [3.8, 4) is 0 Å². The molecule has 194 valence electrons. The Kier molecular flexibility index (Phi) is 10.6. The van der Waals surface area contributed by atoms with E-state index >= 15 is 0 Å². The van der Waals surface area contributed by atoms with Crippen LogP contribution in [0.2, 0.25) is 0 Å². The van der Waals surface area contributed by atoms with Crippen LogP contribution in [0.3, 0.4) is 0 Å². The van der Waals surface area contributed by atoms with Crippen LogP contribution in [0.5, 0.6) is 0 Å². The van der Waals surface area contributed by atoms with Gasteiger partial charge in [-0.15, -0.1) is 0 Å². The molecule has 14 heteroatoms. The van der Waals surface area contributed by atoms with Crippen LogP contribution in [0.15, 0.2) is 64.8 Å². The zero-order chi connectivity index (χ0) is 26.8. The number of halogens is 6. The van der Waals surface area contributed by atoms with Crippen molar-refractivity contribution in [2.75, 3.05) is 13.1 Å². The van der Waals surface area contributed by atoms with E-state index in [1.165, 1.54) is 0 Å². The van der Waals surface area contributed by atoms with E-state index in [1.807, 2.05) is 29.7 Å².